The third kappa shape index (κ3) is 3.67. The topological polar surface area (TPSA) is 54.3 Å². The van der Waals surface area contributed by atoms with Crippen molar-refractivity contribution in [2.45, 2.75) is 25.4 Å². The fraction of sp³-hybridized carbons (Fsp3) is 0.538. The average Bonchev–Trinajstić information content (AvgIpc) is 2.43. The average molecular weight is 328 g/mol. The zero-order chi connectivity index (χ0) is 13.8. The third-order valence-electron chi connectivity index (χ3n) is 3.50. The van der Waals surface area contributed by atoms with Crippen molar-refractivity contribution >= 4 is 21.8 Å². The van der Waals surface area contributed by atoms with Crippen molar-refractivity contribution in [3.05, 3.63) is 33.2 Å². The highest BCUT2D eigenvalue weighted by molar-refractivity contribution is 9.10. The molecule has 0 unspecified atom stereocenters. The molecule has 1 fully saturated rings. The molecule has 0 aromatic carbocycles. The van der Waals surface area contributed by atoms with Crippen LogP contribution in [-0.2, 0) is 11.3 Å². The third-order valence-corrected chi connectivity index (χ3v) is 3.97. The summed E-state index contributed by atoms with van der Waals surface area (Å²) in [5.41, 5.74) is -0.157. The van der Waals surface area contributed by atoms with Gasteiger partial charge in [0, 0.05) is 29.8 Å². The fourth-order valence-electron chi connectivity index (χ4n) is 2.28. The number of nitrogens with zero attached hydrogens (tertiary/aromatic N) is 2. The molecule has 0 bridgehead atoms. The van der Waals surface area contributed by atoms with Crippen molar-refractivity contribution in [2.75, 3.05) is 20.1 Å². The monoisotopic (exact) mass is 327 g/mol. The van der Waals surface area contributed by atoms with Crippen LogP contribution in [-0.4, -0.2) is 41.6 Å². The van der Waals surface area contributed by atoms with Gasteiger partial charge < -0.3 is 14.8 Å². The summed E-state index contributed by atoms with van der Waals surface area (Å²) in [6.45, 7) is 1.98. The van der Waals surface area contributed by atoms with Gasteiger partial charge in [-0.3, -0.25) is 9.59 Å². The Balaban J connectivity index is 2.03. The van der Waals surface area contributed by atoms with Crippen LogP contribution >= 0.6 is 15.9 Å². The zero-order valence-electron chi connectivity index (χ0n) is 10.9. The second-order valence-corrected chi connectivity index (χ2v) is 5.71. The van der Waals surface area contributed by atoms with Crippen molar-refractivity contribution < 1.29 is 4.79 Å². The summed E-state index contributed by atoms with van der Waals surface area (Å²) in [6, 6.07) is 3.42. The Morgan fingerprint density at radius 2 is 2.16 bits per heavy atom. The molecular formula is C13H18BrN3O2. The molecule has 1 aromatic rings. The lowest BCUT2D eigenvalue weighted by molar-refractivity contribution is -0.133. The number of carbonyl (C=O) groups is 1. The summed E-state index contributed by atoms with van der Waals surface area (Å²) in [7, 11) is 1.82. The number of likely N-dealkylation sites (N-methyl/N-ethyl adjacent to an activating group) is 1. The van der Waals surface area contributed by atoms with Gasteiger partial charge in [0.05, 0.1) is 0 Å². The number of pyridine rings is 1. The molecule has 0 saturated carbocycles. The van der Waals surface area contributed by atoms with E-state index in [4.69, 9.17) is 0 Å². The number of hydrogen-bond acceptors (Lipinski definition) is 3. The molecule has 0 aliphatic carbocycles. The molecule has 1 amide bonds. The Bertz CT molecular complexity index is 509. The lowest BCUT2D eigenvalue weighted by atomic mass is 10.1. The number of carbonyl (C=O) groups excluding carboxylic acids is 1. The predicted molar refractivity (Wildman–Crippen MR) is 77.1 cm³/mol. The molecule has 1 N–H and O–H groups in total. The van der Waals surface area contributed by atoms with Crippen molar-refractivity contribution in [1.82, 2.24) is 14.8 Å². The Labute approximate surface area is 120 Å². The summed E-state index contributed by atoms with van der Waals surface area (Å²) in [5.74, 6) is -0.0212. The first-order valence-electron chi connectivity index (χ1n) is 6.40. The normalized spacial score (nSPS) is 16.3. The van der Waals surface area contributed by atoms with Crippen LogP contribution in [0.2, 0.25) is 0 Å². The Hall–Kier alpha value is -1.14. The lowest BCUT2D eigenvalue weighted by Crippen LogP contribution is -2.45. The van der Waals surface area contributed by atoms with Gasteiger partial charge in [0.2, 0.25) is 5.91 Å². The Morgan fingerprint density at radius 1 is 1.47 bits per heavy atom. The predicted octanol–water partition coefficient (Wildman–Crippen LogP) is 0.821. The van der Waals surface area contributed by atoms with E-state index in [0.29, 0.717) is 0 Å². The highest BCUT2D eigenvalue weighted by Crippen LogP contribution is 2.11. The van der Waals surface area contributed by atoms with Crippen LogP contribution in [0, 0.1) is 0 Å². The smallest absolute Gasteiger partial charge is 0.251 e. The van der Waals surface area contributed by atoms with E-state index in [1.54, 1.807) is 17.2 Å². The molecule has 0 radical (unpaired) electrons. The second kappa shape index (κ2) is 6.34. The van der Waals surface area contributed by atoms with E-state index in [1.165, 1.54) is 10.6 Å². The summed E-state index contributed by atoms with van der Waals surface area (Å²) in [5, 5.41) is 3.28. The number of piperidine rings is 1. The van der Waals surface area contributed by atoms with Crippen LogP contribution in [0.15, 0.2) is 27.6 Å². The second-order valence-electron chi connectivity index (χ2n) is 4.80. The first-order valence-corrected chi connectivity index (χ1v) is 7.19. The maximum absolute atomic E-state index is 12.2. The molecule has 1 aliphatic heterocycles. The van der Waals surface area contributed by atoms with Crippen molar-refractivity contribution in [3.63, 3.8) is 0 Å². The largest absolute Gasteiger partial charge is 0.341 e. The number of rotatable bonds is 3. The lowest BCUT2D eigenvalue weighted by Gasteiger charge is -2.31. The van der Waals surface area contributed by atoms with Gasteiger partial charge in [-0.25, -0.2) is 0 Å². The standard InChI is InChI=1S/C13H18BrN3O2/c1-16(11-4-6-15-7-5-11)13(19)9-17-8-10(14)2-3-12(17)18/h2-3,8,11,15H,4-7,9H2,1H3. The molecule has 1 aliphatic rings. The quantitative estimate of drug-likeness (QED) is 0.894. The van der Waals surface area contributed by atoms with Crippen LogP contribution in [0.3, 0.4) is 0 Å². The van der Waals surface area contributed by atoms with Gasteiger partial charge in [0.25, 0.3) is 5.56 Å². The van der Waals surface area contributed by atoms with Crippen LogP contribution in [0.5, 0.6) is 0 Å². The van der Waals surface area contributed by atoms with E-state index in [2.05, 4.69) is 21.2 Å². The highest BCUT2D eigenvalue weighted by Gasteiger charge is 2.22. The fourth-order valence-corrected chi connectivity index (χ4v) is 2.66. The van der Waals surface area contributed by atoms with E-state index in [0.717, 1.165) is 30.4 Å². The molecule has 2 rings (SSSR count). The number of aromatic nitrogens is 1. The van der Waals surface area contributed by atoms with Crippen LogP contribution in [0.1, 0.15) is 12.8 Å². The first kappa shape index (κ1) is 14.3. The maximum Gasteiger partial charge on any atom is 0.251 e. The van der Waals surface area contributed by atoms with Gasteiger partial charge >= 0.3 is 0 Å². The molecule has 0 atom stereocenters. The molecular weight excluding hydrogens is 310 g/mol. The number of nitrogens with one attached hydrogen (secondary N) is 1. The molecule has 1 saturated heterocycles. The molecule has 1 aromatic heterocycles. The van der Waals surface area contributed by atoms with E-state index in [-0.39, 0.29) is 24.1 Å². The van der Waals surface area contributed by atoms with E-state index < -0.39 is 0 Å². The zero-order valence-corrected chi connectivity index (χ0v) is 12.5. The maximum atomic E-state index is 12.2. The SMILES string of the molecule is CN(C(=O)Cn1cc(Br)ccc1=O)C1CCNCC1. The van der Waals surface area contributed by atoms with Crippen LogP contribution in [0.25, 0.3) is 0 Å². The van der Waals surface area contributed by atoms with Crippen molar-refractivity contribution in [1.29, 1.82) is 0 Å². The first-order chi connectivity index (χ1) is 9.08. The van der Waals surface area contributed by atoms with Gasteiger partial charge in [-0.2, -0.15) is 0 Å². The van der Waals surface area contributed by atoms with Gasteiger partial charge in [0.1, 0.15) is 6.54 Å². The molecule has 5 nitrogen and oxygen atoms in total. The van der Waals surface area contributed by atoms with Gasteiger partial charge in [0.15, 0.2) is 0 Å². The van der Waals surface area contributed by atoms with Gasteiger partial charge in [-0.1, -0.05) is 0 Å². The van der Waals surface area contributed by atoms with Gasteiger partial charge in [-0.15, -0.1) is 0 Å². The summed E-state index contributed by atoms with van der Waals surface area (Å²) >= 11 is 3.31. The van der Waals surface area contributed by atoms with E-state index in [9.17, 15) is 9.59 Å². The minimum Gasteiger partial charge on any atom is -0.341 e. The summed E-state index contributed by atoms with van der Waals surface area (Å²) < 4.78 is 2.23. The minimum atomic E-state index is -0.157. The number of amides is 1. The number of halogens is 1. The van der Waals surface area contributed by atoms with Crippen LogP contribution < -0.4 is 10.9 Å². The summed E-state index contributed by atoms with van der Waals surface area (Å²) in [6.07, 6.45) is 3.59. The Morgan fingerprint density at radius 3 is 2.84 bits per heavy atom. The van der Waals surface area contributed by atoms with Crippen molar-refractivity contribution in [3.8, 4) is 0 Å². The highest BCUT2D eigenvalue weighted by atomic mass is 79.9. The molecule has 19 heavy (non-hydrogen) atoms. The van der Waals surface area contributed by atoms with Crippen molar-refractivity contribution in [2.24, 2.45) is 0 Å². The molecule has 104 valence electrons. The molecule has 0 spiro atoms. The Kier molecular flexibility index (Phi) is 4.76. The molecule has 6 heteroatoms. The molecule has 2 heterocycles. The minimum absolute atomic E-state index is 0.0212. The summed E-state index contributed by atoms with van der Waals surface area (Å²) in [4.78, 5) is 25.6. The number of hydrogen-bond donors (Lipinski definition) is 1. The van der Waals surface area contributed by atoms with E-state index >= 15 is 0 Å². The van der Waals surface area contributed by atoms with Gasteiger partial charge in [-0.05, 0) is 47.9 Å². The van der Waals surface area contributed by atoms with Crippen LogP contribution in [0.4, 0.5) is 0 Å². The van der Waals surface area contributed by atoms with E-state index in [1.807, 2.05) is 7.05 Å².